The van der Waals surface area contributed by atoms with Crippen LogP contribution in [0.15, 0.2) is 158 Å². The van der Waals surface area contributed by atoms with Gasteiger partial charge in [0.05, 0.1) is 22.1 Å². The van der Waals surface area contributed by atoms with Crippen molar-refractivity contribution in [2.24, 2.45) is 0 Å². The Hall–Kier alpha value is -6.26. The van der Waals surface area contributed by atoms with Crippen molar-refractivity contribution in [3.8, 4) is 22.8 Å². The van der Waals surface area contributed by atoms with Gasteiger partial charge in [0, 0.05) is 43.6 Å². The highest BCUT2D eigenvalue weighted by Gasteiger charge is 2.19. The molecule has 10 rings (SSSR count). The number of hydrogen-bond acceptors (Lipinski definition) is 2. The lowest BCUT2D eigenvalue weighted by molar-refractivity contribution is 0.977. The highest BCUT2D eigenvalue weighted by Crippen LogP contribution is 2.39. The fourth-order valence-electron chi connectivity index (χ4n) is 7.32. The molecule has 46 heavy (non-hydrogen) atoms. The van der Waals surface area contributed by atoms with Crippen molar-refractivity contribution in [3.63, 3.8) is 0 Å². The first-order valence-corrected chi connectivity index (χ1v) is 15.6. The van der Waals surface area contributed by atoms with Crippen molar-refractivity contribution < 1.29 is 0 Å². The molecule has 0 amide bonds. The fourth-order valence-corrected chi connectivity index (χ4v) is 7.32. The molecule has 4 nitrogen and oxygen atoms in total. The van der Waals surface area contributed by atoms with Crippen LogP contribution < -0.4 is 0 Å². The van der Waals surface area contributed by atoms with Gasteiger partial charge in [-0.25, -0.2) is 0 Å². The molecule has 10 aromatic rings. The second kappa shape index (κ2) is 9.62. The zero-order valence-electron chi connectivity index (χ0n) is 24.8. The third-order valence-corrected chi connectivity index (χ3v) is 9.38. The van der Waals surface area contributed by atoms with Gasteiger partial charge in [-0.15, -0.1) is 10.2 Å². The summed E-state index contributed by atoms with van der Waals surface area (Å²) in [6, 6.07) is 56.1. The summed E-state index contributed by atoms with van der Waals surface area (Å²) in [5.74, 6) is 0.834. The van der Waals surface area contributed by atoms with Gasteiger partial charge in [0.1, 0.15) is 5.69 Å². The Morgan fingerprint density at radius 2 is 0.913 bits per heavy atom. The molecule has 214 valence electrons. The lowest BCUT2D eigenvalue weighted by atomic mass is 10.0. The predicted molar refractivity (Wildman–Crippen MR) is 191 cm³/mol. The average molecular weight is 587 g/mol. The molecule has 0 bridgehead atoms. The Morgan fingerprint density at radius 1 is 0.348 bits per heavy atom. The van der Waals surface area contributed by atoms with Gasteiger partial charge >= 0.3 is 0 Å². The standard InChI is InChI=1S/C42H26N4/c1-2-14-30(15-3-1)45-37-20-10-8-16-31(37)33-23-22-29(26-39(33)45)41-34-18-6-7-19-35(34)42(44-43-41)46-38-21-11-9-17-32(38)36-24-27-12-4-5-13-28(27)25-40(36)46/h1-26H. The fraction of sp³-hybridized carbons (Fsp3) is 0. The van der Waals surface area contributed by atoms with Crippen LogP contribution in [-0.2, 0) is 0 Å². The van der Waals surface area contributed by atoms with E-state index >= 15 is 0 Å². The maximum atomic E-state index is 5.02. The van der Waals surface area contributed by atoms with Gasteiger partial charge < -0.3 is 4.57 Å². The van der Waals surface area contributed by atoms with Crippen molar-refractivity contribution in [3.05, 3.63) is 158 Å². The Morgan fingerprint density at radius 3 is 1.70 bits per heavy atom. The highest BCUT2D eigenvalue weighted by molar-refractivity contribution is 6.15. The van der Waals surface area contributed by atoms with Crippen LogP contribution in [0.4, 0.5) is 0 Å². The summed E-state index contributed by atoms with van der Waals surface area (Å²) in [5, 5.41) is 19.4. The van der Waals surface area contributed by atoms with Crippen molar-refractivity contribution in [2.45, 2.75) is 0 Å². The van der Waals surface area contributed by atoms with E-state index in [2.05, 4.69) is 167 Å². The third-order valence-electron chi connectivity index (χ3n) is 9.38. The van der Waals surface area contributed by atoms with Crippen molar-refractivity contribution >= 4 is 65.2 Å². The lowest BCUT2D eigenvalue weighted by Crippen LogP contribution is -2.02. The van der Waals surface area contributed by atoms with E-state index in [0.29, 0.717) is 0 Å². The van der Waals surface area contributed by atoms with Gasteiger partial charge in [0.25, 0.3) is 0 Å². The van der Waals surface area contributed by atoms with Crippen molar-refractivity contribution in [1.29, 1.82) is 0 Å². The molecular weight excluding hydrogens is 560 g/mol. The van der Waals surface area contributed by atoms with E-state index in [1.54, 1.807) is 0 Å². The summed E-state index contributed by atoms with van der Waals surface area (Å²) in [7, 11) is 0. The van der Waals surface area contributed by atoms with E-state index in [0.717, 1.165) is 50.1 Å². The topological polar surface area (TPSA) is 35.6 Å². The van der Waals surface area contributed by atoms with Crippen LogP contribution in [0.5, 0.6) is 0 Å². The van der Waals surface area contributed by atoms with Gasteiger partial charge in [0.2, 0.25) is 0 Å². The normalized spacial score (nSPS) is 11.9. The monoisotopic (exact) mass is 586 g/mol. The molecule has 0 spiro atoms. The Labute approximate surface area is 264 Å². The lowest BCUT2D eigenvalue weighted by Gasteiger charge is -2.13. The maximum Gasteiger partial charge on any atom is 0.168 e. The number of hydrogen-bond donors (Lipinski definition) is 0. The SMILES string of the molecule is c1ccc(-n2c3ccccc3c3ccc(-c4nnc(-n5c6ccccc6c6cc7ccccc7cc65)c5ccccc45)cc32)cc1. The second-order valence-electron chi connectivity index (χ2n) is 11.9. The third kappa shape index (κ3) is 3.55. The smallest absolute Gasteiger partial charge is 0.168 e. The summed E-state index contributed by atoms with van der Waals surface area (Å²) in [6.45, 7) is 0. The van der Waals surface area contributed by atoms with Gasteiger partial charge in [-0.3, -0.25) is 4.57 Å². The summed E-state index contributed by atoms with van der Waals surface area (Å²) in [5.41, 5.74) is 7.62. The van der Waals surface area contributed by atoms with Crippen LogP contribution in [0, 0.1) is 0 Å². The van der Waals surface area contributed by atoms with Crippen LogP contribution in [0.3, 0.4) is 0 Å². The minimum Gasteiger partial charge on any atom is -0.309 e. The Balaban J connectivity index is 1.24. The first kappa shape index (κ1) is 25.1. The molecule has 0 unspecified atom stereocenters. The zero-order valence-corrected chi connectivity index (χ0v) is 24.8. The van der Waals surface area contributed by atoms with Gasteiger partial charge in [0.15, 0.2) is 5.82 Å². The molecule has 4 heteroatoms. The number of rotatable bonds is 3. The number of aromatic nitrogens is 4. The minimum atomic E-state index is 0.834. The largest absolute Gasteiger partial charge is 0.309 e. The van der Waals surface area contributed by atoms with Crippen LogP contribution in [0.2, 0.25) is 0 Å². The molecule has 0 aliphatic rings. The molecular formula is C42H26N4. The van der Waals surface area contributed by atoms with Crippen molar-refractivity contribution in [2.75, 3.05) is 0 Å². The van der Waals surface area contributed by atoms with E-state index < -0.39 is 0 Å². The molecule has 0 radical (unpaired) electrons. The van der Waals surface area contributed by atoms with Gasteiger partial charge in [-0.05, 0) is 53.2 Å². The van der Waals surface area contributed by atoms with E-state index in [-0.39, 0.29) is 0 Å². The number of fused-ring (bicyclic) bond motifs is 8. The van der Waals surface area contributed by atoms with Crippen LogP contribution in [0.1, 0.15) is 0 Å². The van der Waals surface area contributed by atoms with Crippen molar-refractivity contribution in [1.82, 2.24) is 19.3 Å². The number of para-hydroxylation sites is 3. The van der Waals surface area contributed by atoms with E-state index in [4.69, 9.17) is 10.2 Å². The molecule has 0 fully saturated rings. The number of benzene rings is 7. The maximum absolute atomic E-state index is 5.02. The Kier molecular flexibility index (Phi) is 5.25. The van der Waals surface area contributed by atoms with Crippen LogP contribution >= 0.6 is 0 Å². The van der Waals surface area contributed by atoms with Gasteiger partial charge in [-0.2, -0.15) is 0 Å². The molecule has 7 aromatic carbocycles. The second-order valence-corrected chi connectivity index (χ2v) is 11.9. The predicted octanol–water partition coefficient (Wildman–Crippen LogP) is 10.6. The van der Waals surface area contributed by atoms with E-state index in [9.17, 15) is 0 Å². The average Bonchev–Trinajstić information content (AvgIpc) is 3.62. The van der Waals surface area contributed by atoms with E-state index in [1.165, 1.54) is 37.8 Å². The molecule has 0 N–H and O–H groups in total. The summed E-state index contributed by atoms with van der Waals surface area (Å²) >= 11 is 0. The molecule has 0 atom stereocenters. The molecule has 0 saturated carbocycles. The van der Waals surface area contributed by atoms with Crippen LogP contribution in [-0.4, -0.2) is 19.3 Å². The molecule has 0 aliphatic heterocycles. The molecule has 3 aromatic heterocycles. The molecule has 3 heterocycles. The minimum absolute atomic E-state index is 0.834. The summed E-state index contributed by atoms with van der Waals surface area (Å²) in [4.78, 5) is 0. The molecule has 0 aliphatic carbocycles. The zero-order chi connectivity index (χ0) is 30.2. The summed E-state index contributed by atoms with van der Waals surface area (Å²) < 4.78 is 4.63. The first-order chi connectivity index (χ1) is 22.8. The first-order valence-electron chi connectivity index (χ1n) is 15.6. The highest BCUT2D eigenvalue weighted by atomic mass is 15.2. The van der Waals surface area contributed by atoms with Crippen LogP contribution in [0.25, 0.3) is 87.9 Å². The Bertz CT molecular complexity index is 2810. The van der Waals surface area contributed by atoms with Gasteiger partial charge in [-0.1, -0.05) is 115 Å². The molecule has 0 saturated heterocycles. The number of nitrogens with zero attached hydrogens (tertiary/aromatic N) is 4. The van der Waals surface area contributed by atoms with E-state index in [1.807, 2.05) is 0 Å². The quantitative estimate of drug-likeness (QED) is 0.206. The summed E-state index contributed by atoms with van der Waals surface area (Å²) in [6.07, 6.45) is 0.